The summed E-state index contributed by atoms with van der Waals surface area (Å²) in [5.41, 5.74) is 1.37. The van der Waals surface area contributed by atoms with Gasteiger partial charge in [-0.05, 0) is 48.5 Å². The Morgan fingerprint density at radius 1 is 1.04 bits per heavy atom. The lowest BCUT2D eigenvalue weighted by molar-refractivity contribution is 0.102. The van der Waals surface area contributed by atoms with Crippen molar-refractivity contribution in [3.05, 3.63) is 77.3 Å². The van der Waals surface area contributed by atoms with Gasteiger partial charge in [0.25, 0.3) is 5.91 Å². The highest BCUT2D eigenvalue weighted by atomic mass is 35.5. The van der Waals surface area contributed by atoms with Crippen LogP contribution in [-0.4, -0.2) is 15.9 Å². The van der Waals surface area contributed by atoms with E-state index in [9.17, 15) is 9.18 Å². The number of carbonyl (C=O) groups excluding carboxylic acids is 1. The predicted octanol–water partition coefficient (Wildman–Crippen LogP) is 4.27. The molecule has 0 aliphatic heterocycles. The zero-order valence-electron chi connectivity index (χ0n) is 12.3. The Morgan fingerprint density at radius 3 is 2.58 bits per heavy atom. The van der Waals surface area contributed by atoms with Crippen LogP contribution in [-0.2, 0) is 0 Å². The lowest BCUT2D eigenvalue weighted by atomic mass is 10.3. The molecule has 0 bridgehead atoms. The van der Waals surface area contributed by atoms with Crippen molar-refractivity contribution < 1.29 is 9.18 Å². The van der Waals surface area contributed by atoms with Crippen molar-refractivity contribution >= 4 is 34.8 Å². The summed E-state index contributed by atoms with van der Waals surface area (Å²) in [6, 6.07) is 14.0. The van der Waals surface area contributed by atoms with Gasteiger partial charge in [0, 0.05) is 22.6 Å². The number of aromatic nitrogens is 2. The number of hydrogen-bond acceptors (Lipinski definition) is 4. The second kappa shape index (κ2) is 7.06. The Kier molecular flexibility index (Phi) is 4.67. The molecule has 0 atom stereocenters. The number of hydrogen-bond donors (Lipinski definition) is 2. The molecule has 0 aliphatic carbocycles. The summed E-state index contributed by atoms with van der Waals surface area (Å²) in [6.45, 7) is 0. The Bertz CT molecular complexity index is 870. The van der Waals surface area contributed by atoms with Gasteiger partial charge in [0.15, 0.2) is 0 Å². The van der Waals surface area contributed by atoms with Gasteiger partial charge in [0.1, 0.15) is 11.5 Å². The van der Waals surface area contributed by atoms with E-state index < -0.39 is 0 Å². The highest BCUT2D eigenvalue weighted by molar-refractivity contribution is 6.30. The number of anilines is 3. The van der Waals surface area contributed by atoms with E-state index in [0.717, 1.165) is 0 Å². The van der Waals surface area contributed by atoms with Gasteiger partial charge < -0.3 is 10.6 Å². The molecule has 0 fully saturated rings. The average Bonchev–Trinajstić information content (AvgIpc) is 2.57. The van der Waals surface area contributed by atoms with Crippen molar-refractivity contribution in [2.24, 2.45) is 0 Å². The van der Waals surface area contributed by atoms with Gasteiger partial charge in [0.05, 0.1) is 0 Å². The summed E-state index contributed by atoms with van der Waals surface area (Å²) in [4.78, 5) is 20.4. The lowest BCUT2D eigenvalue weighted by Gasteiger charge is -2.07. The fraction of sp³-hybridized carbons (Fsp3) is 0. The summed E-state index contributed by atoms with van der Waals surface area (Å²) in [5.74, 6) is -0.488. The number of amides is 1. The van der Waals surface area contributed by atoms with Gasteiger partial charge >= 0.3 is 0 Å². The summed E-state index contributed by atoms with van der Waals surface area (Å²) >= 11 is 5.89. The molecule has 7 heteroatoms. The highest BCUT2D eigenvalue weighted by Crippen LogP contribution is 2.16. The van der Waals surface area contributed by atoms with E-state index >= 15 is 0 Å². The molecular weight excluding hydrogens is 331 g/mol. The minimum atomic E-state index is -0.387. The molecule has 0 aliphatic rings. The summed E-state index contributed by atoms with van der Waals surface area (Å²) in [5, 5.41) is 6.14. The molecule has 24 heavy (non-hydrogen) atoms. The molecule has 1 amide bonds. The van der Waals surface area contributed by atoms with Crippen molar-refractivity contribution in [2.45, 2.75) is 0 Å². The van der Waals surface area contributed by atoms with Crippen LogP contribution in [0.25, 0.3) is 0 Å². The third kappa shape index (κ3) is 4.05. The van der Waals surface area contributed by atoms with Gasteiger partial charge in [-0.3, -0.25) is 4.79 Å². The Balaban J connectivity index is 1.74. The van der Waals surface area contributed by atoms with Crippen molar-refractivity contribution in [2.75, 3.05) is 10.6 Å². The first kappa shape index (κ1) is 15.9. The molecule has 0 spiro atoms. The first-order valence-corrected chi connectivity index (χ1v) is 7.40. The van der Waals surface area contributed by atoms with E-state index in [1.807, 2.05) is 0 Å². The first-order valence-electron chi connectivity index (χ1n) is 7.03. The third-order valence-electron chi connectivity index (χ3n) is 3.07. The standard InChI is InChI=1S/C17H12ClFN4O/c18-11-2-1-3-14(10-11)21-16(24)15-8-9-20-17(23-15)22-13-6-4-12(19)5-7-13/h1-10H,(H,21,24)(H,20,22,23). The van der Waals surface area contributed by atoms with Crippen molar-refractivity contribution in [3.63, 3.8) is 0 Å². The summed E-state index contributed by atoms with van der Waals surface area (Å²) in [6.07, 6.45) is 1.46. The number of carbonyl (C=O) groups is 1. The molecule has 1 aromatic heterocycles. The van der Waals surface area contributed by atoms with Crippen molar-refractivity contribution in [3.8, 4) is 0 Å². The van der Waals surface area contributed by atoms with E-state index in [1.54, 1.807) is 36.4 Å². The number of nitrogens with one attached hydrogen (secondary N) is 2. The molecule has 0 unspecified atom stereocenters. The fourth-order valence-corrected chi connectivity index (χ4v) is 2.16. The minimum absolute atomic E-state index is 0.189. The predicted molar refractivity (Wildman–Crippen MR) is 91.1 cm³/mol. The molecule has 1 heterocycles. The van der Waals surface area contributed by atoms with Gasteiger partial charge in [-0.2, -0.15) is 0 Å². The molecule has 0 radical (unpaired) electrons. The van der Waals surface area contributed by atoms with Crippen LogP contribution in [0.15, 0.2) is 60.8 Å². The maximum absolute atomic E-state index is 12.9. The number of halogens is 2. The van der Waals surface area contributed by atoms with Crippen molar-refractivity contribution in [1.29, 1.82) is 0 Å². The molecule has 2 N–H and O–H groups in total. The van der Waals surface area contributed by atoms with Gasteiger partial charge in [-0.25, -0.2) is 14.4 Å². The second-order valence-corrected chi connectivity index (χ2v) is 5.30. The van der Waals surface area contributed by atoms with E-state index in [1.165, 1.54) is 24.4 Å². The zero-order valence-corrected chi connectivity index (χ0v) is 13.1. The number of nitrogens with zero attached hydrogens (tertiary/aromatic N) is 2. The summed E-state index contributed by atoms with van der Waals surface area (Å²) < 4.78 is 12.9. The molecule has 3 rings (SSSR count). The van der Waals surface area contributed by atoms with Crippen LogP contribution in [0, 0.1) is 5.82 Å². The molecular formula is C17H12ClFN4O. The smallest absolute Gasteiger partial charge is 0.274 e. The minimum Gasteiger partial charge on any atom is -0.324 e. The molecule has 5 nitrogen and oxygen atoms in total. The Hall–Kier alpha value is -2.99. The fourth-order valence-electron chi connectivity index (χ4n) is 1.97. The molecule has 2 aromatic carbocycles. The van der Waals surface area contributed by atoms with Crippen LogP contribution in [0.3, 0.4) is 0 Å². The monoisotopic (exact) mass is 342 g/mol. The molecule has 0 saturated heterocycles. The highest BCUT2D eigenvalue weighted by Gasteiger charge is 2.10. The number of benzene rings is 2. The lowest BCUT2D eigenvalue weighted by Crippen LogP contribution is -2.14. The summed E-state index contributed by atoms with van der Waals surface area (Å²) in [7, 11) is 0. The largest absolute Gasteiger partial charge is 0.324 e. The van der Waals surface area contributed by atoms with Crippen LogP contribution < -0.4 is 10.6 Å². The topological polar surface area (TPSA) is 66.9 Å². The van der Waals surface area contributed by atoms with Crippen molar-refractivity contribution in [1.82, 2.24) is 9.97 Å². The van der Waals surface area contributed by atoms with Gasteiger partial charge in [-0.15, -0.1) is 0 Å². The van der Waals surface area contributed by atoms with E-state index in [4.69, 9.17) is 11.6 Å². The Morgan fingerprint density at radius 2 is 1.83 bits per heavy atom. The maximum Gasteiger partial charge on any atom is 0.274 e. The van der Waals surface area contributed by atoms with Gasteiger partial charge in [-0.1, -0.05) is 17.7 Å². The quantitative estimate of drug-likeness (QED) is 0.743. The Labute approximate surface area is 142 Å². The van der Waals surface area contributed by atoms with Crippen LogP contribution in [0.5, 0.6) is 0 Å². The average molecular weight is 343 g/mol. The SMILES string of the molecule is O=C(Nc1cccc(Cl)c1)c1ccnc(Nc2ccc(F)cc2)n1. The zero-order chi connectivity index (χ0) is 16.9. The first-order chi connectivity index (χ1) is 11.6. The maximum atomic E-state index is 12.9. The molecule has 120 valence electrons. The third-order valence-corrected chi connectivity index (χ3v) is 3.31. The van der Waals surface area contributed by atoms with Gasteiger partial charge in [0.2, 0.25) is 5.95 Å². The second-order valence-electron chi connectivity index (χ2n) is 4.86. The van der Waals surface area contributed by atoms with E-state index in [-0.39, 0.29) is 23.4 Å². The van der Waals surface area contributed by atoms with E-state index in [0.29, 0.717) is 16.4 Å². The molecule has 0 saturated carbocycles. The normalized spacial score (nSPS) is 10.2. The van der Waals surface area contributed by atoms with Crippen LogP contribution in [0.1, 0.15) is 10.5 Å². The molecule has 3 aromatic rings. The number of rotatable bonds is 4. The van der Waals surface area contributed by atoms with Crippen LogP contribution in [0.4, 0.5) is 21.7 Å². The van der Waals surface area contributed by atoms with Crippen LogP contribution in [0.2, 0.25) is 5.02 Å². The van der Waals surface area contributed by atoms with E-state index in [2.05, 4.69) is 20.6 Å². The van der Waals surface area contributed by atoms with Crippen LogP contribution >= 0.6 is 11.6 Å².